The molecule has 190 valence electrons. The number of nitrogens with zero attached hydrogens (tertiary/aromatic N) is 6. The van der Waals surface area contributed by atoms with E-state index in [9.17, 15) is 13.6 Å². The van der Waals surface area contributed by atoms with Crippen LogP contribution in [0.5, 0.6) is 0 Å². The van der Waals surface area contributed by atoms with Crippen LogP contribution in [0.15, 0.2) is 54.0 Å². The minimum Gasteiger partial charge on any atom is -0.377 e. The van der Waals surface area contributed by atoms with Gasteiger partial charge >= 0.3 is 0 Å². The molecule has 1 unspecified atom stereocenters. The van der Waals surface area contributed by atoms with Gasteiger partial charge in [-0.25, -0.2) is 28.4 Å². The molecule has 0 fully saturated rings. The zero-order valence-electron chi connectivity index (χ0n) is 20.4. The van der Waals surface area contributed by atoms with Crippen LogP contribution in [0, 0.1) is 6.92 Å². The third-order valence-corrected chi connectivity index (χ3v) is 6.49. The van der Waals surface area contributed by atoms with Gasteiger partial charge in [0.05, 0.1) is 24.1 Å². The molecule has 0 saturated heterocycles. The topological polar surface area (TPSA) is 90.5 Å². The first kappa shape index (κ1) is 24.8. The van der Waals surface area contributed by atoms with E-state index in [1.165, 1.54) is 6.33 Å². The number of aromatic nitrogens is 6. The molecule has 0 bridgehead atoms. The molecule has 1 N–H and O–H groups in total. The Morgan fingerprint density at radius 3 is 2.57 bits per heavy atom. The monoisotopic (exact) mass is 523 g/mol. The first-order valence-electron chi connectivity index (χ1n) is 11.8. The van der Waals surface area contributed by atoms with Gasteiger partial charge in [-0.05, 0) is 50.1 Å². The number of hydrogen-bond donors (Lipinski definition) is 1. The van der Waals surface area contributed by atoms with Gasteiger partial charge in [0.2, 0.25) is 0 Å². The summed E-state index contributed by atoms with van der Waals surface area (Å²) in [5.41, 5.74) is 3.56. The summed E-state index contributed by atoms with van der Waals surface area (Å²) in [6, 6.07) is 6.95. The van der Waals surface area contributed by atoms with Crippen molar-refractivity contribution in [3.8, 4) is 11.3 Å². The highest BCUT2D eigenvalue weighted by Crippen LogP contribution is 2.35. The Morgan fingerprint density at radius 2 is 1.86 bits per heavy atom. The third-order valence-electron chi connectivity index (χ3n) is 6.28. The van der Waals surface area contributed by atoms with Crippen LogP contribution in [-0.2, 0) is 13.1 Å². The molecule has 0 saturated carbocycles. The van der Waals surface area contributed by atoms with Gasteiger partial charge in [-0.2, -0.15) is 5.10 Å². The van der Waals surface area contributed by atoms with Crippen molar-refractivity contribution in [2.75, 3.05) is 5.32 Å². The molecule has 0 aliphatic rings. The average molecular weight is 524 g/mol. The Kier molecular flexibility index (Phi) is 6.59. The van der Waals surface area contributed by atoms with Gasteiger partial charge in [-0.3, -0.25) is 9.36 Å². The summed E-state index contributed by atoms with van der Waals surface area (Å²) >= 11 is 6.19. The summed E-state index contributed by atoms with van der Waals surface area (Å²) in [6.07, 6.45) is 3.70. The number of benzene rings is 1. The van der Waals surface area contributed by atoms with Crippen molar-refractivity contribution in [2.24, 2.45) is 0 Å². The van der Waals surface area contributed by atoms with Crippen molar-refractivity contribution < 1.29 is 8.78 Å². The second kappa shape index (κ2) is 9.85. The molecule has 4 aromatic heterocycles. The van der Waals surface area contributed by atoms with Crippen molar-refractivity contribution in [3.63, 3.8) is 0 Å². The van der Waals surface area contributed by atoms with Gasteiger partial charge < -0.3 is 5.32 Å². The van der Waals surface area contributed by atoms with E-state index < -0.39 is 18.5 Å². The Hall–Kier alpha value is -3.92. The summed E-state index contributed by atoms with van der Waals surface area (Å²) < 4.78 is 29.7. The van der Waals surface area contributed by atoms with Crippen LogP contribution >= 0.6 is 11.6 Å². The quantitative estimate of drug-likeness (QED) is 0.278. The minimum absolute atomic E-state index is 0.299. The molecule has 0 aliphatic carbocycles. The normalized spacial score (nSPS) is 12.5. The molecule has 8 nitrogen and oxygen atoms in total. The van der Waals surface area contributed by atoms with Crippen LogP contribution in [-0.4, -0.2) is 35.7 Å². The number of nitrogens with one attached hydrogen (secondary N) is 1. The van der Waals surface area contributed by atoms with E-state index >= 15 is 0 Å². The second-order valence-electron chi connectivity index (χ2n) is 8.80. The standard InChI is InChI=1S/C26H24ClF2N7O/c1-4-36-25-19(11-32-36)23-17(7-14(2)8-18(23)26(37)35(25)12-22(28)29)15(3)33-20-5-6-21(27)34-24(20)16-9-30-13-31-10-16/h5-11,13,15,22,33H,4,12H2,1-3H3. The molecule has 5 rings (SSSR count). The highest BCUT2D eigenvalue weighted by molar-refractivity contribution is 6.29. The van der Waals surface area contributed by atoms with E-state index in [4.69, 9.17) is 11.6 Å². The smallest absolute Gasteiger partial charge is 0.260 e. The first-order chi connectivity index (χ1) is 17.8. The number of anilines is 1. The number of alkyl halides is 2. The molecule has 4 heterocycles. The molecule has 0 radical (unpaired) electrons. The van der Waals surface area contributed by atoms with Crippen LogP contribution in [0.3, 0.4) is 0 Å². The van der Waals surface area contributed by atoms with E-state index in [2.05, 4.69) is 25.4 Å². The number of hydrogen-bond acceptors (Lipinski definition) is 6. The number of halogens is 3. The molecular formula is C26H24ClF2N7O. The van der Waals surface area contributed by atoms with Crippen LogP contribution < -0.4 is 10.9 Å². The van der Waals surface area contributed by atoms with Gasteiger partial charge in [-0.1, -0.05) is 17.7 Å². The van der Waals surface area contributed by atoms with Crippen LogP contribution in [0.4, 0.5) is 14.5 Å². The van der Waals surface area contributed by atoms with Gasteiger partial charge in [0.15, 0.2) is 0 Å². The number of pyridine rings is 2. The molecule has 0 spiro atoms. The van der Waals surface area contributed by atoms with Gasteiger partial charge in [0.25, 0.3) is 12.0 Å². The lowest BCUT2D eigenvalue weighted by Gasteiger charge is -2.21. The summed E-state index contributed by atoms with van der Waals surface area (Å²) in [4.78, 5) is 26.2. The maximum Gasteiger partial charge on any atom is 0.260 e. The van der Waals surface area contributed by atoms with Crippen LogP contribution in [0.25, 0.3) is 33.1 Å². The highest BCUT2D eigenvalue weighted by Gasteiger charge is 2.22. The fourth-order valence-corrected chi connectivity index (χ4v) is 4.90. The lowest BCUT2D eigenvalue weighted by atomic mass is 9.95. The maximum atomic E-state index is 13.5. The van der Waals surface area contributed by atoms with E-state index in [-0.39, 0.29) is 6.04 Å². The lowest BCUT2D eigenvalue weighted by Crippen LogP contribution is -2.26. The predicted molar refractivity (Wildman–Crippen MR) is 140 cm³/mol. The van der Waals surface area contributed by atoms with Gasteiger partial charge in [0.1, 0.15) is 17.1 Å². The van der Waals surface area contributed by atoms with E-state index in [0.29, 0.717) is 50.4 Å². The summed E-state index contributed by atoms with van der Waals surface area (Å²) in [6.45, 7) is 5.44. The molecule has 37 heavy (non-hydrogen) atoms. The van der Waals surface area contributed by atoms with Crippen molar-refractivity contribution in [2.45, 2.75) is 46.3 Å². The first-order valence-corrected chi connectivity index (χ1v) is 12.2. The number of fused-ring (bicyclic) bond motifs is 3. The molecule has 0 amide bonds. The number of rotatable bonds is 7. The van der Waals surface area contributed by atoms with E-state index in [1.54, 1.807) is 35.4 Å². The van der Waals surface area contributed by atoms with Crippen molar-refractivity contribution in [3.05, 3.63) is 75.8 Å². The van der Waals surface area contributed by atoms with Crippen molar-refractivity contribution >= 4 is 39.1 Å². The van der Waals surface area contributed by atoms with E-state index in [1.807, 2.05) is 32.9 Å². The molecular weight excluding hydrogens is 500 g/mol. The van der Waals surface area contributed by atoms with Gasteiger partial charge in [-0.15, -0.1) is 0 Å². The van der Waals surface area contributed by atoms with E-state index in [0.717, 1.165) is 15.7 Å². The Labute approximate surface area is 216 Å². The Morgan fingerprint density at radius 1 is 1.11 bits per heavy atom. The largest absolute Gasteiger partial charge is 0.377 e. The van der Waals surface area contributed by atoms with Gasteiger partial charge in [0, 0.05) is 46.7 Å². The van der Waals surface area contributed by atoms with Crippen molar-refractivity contribution in [1.82, 2.24) is 29.3 Å². The lowest BCUT2D eigenvalue weighted by molar-refractivity contribution is 0.126. The zero-order valence-corrected chi connectivity index (χ0v) is 21.2. The maximum absolute atomic E-state index is 13.5. The van der Waals surface area contributed by atoms with Crippen LogP contribution in [0.1, 0.15) is 31.0 Å². The molecule has 1 aromatic carbocycles. The average Bonchev–Trinajstić information content (AvgIpc) is 3.31. The minimum atomic E-state index is -2.68. The fraction of sp³-hybridized carbons (Fsp3) is 0.269. The molecule has 5 aromatic rings. The zero-order chi connectivity index (χ0) is 26.3. The summed E-state index contributed by atoms with van der Waals surface area (Å²) in [7, 11) is 0. The van der Waals surface area contributed by atoms with Crippen LogP contribution in [0.2, 0.25) is 5.15 Å². The Bertz CT molecular complexity index is 1670. The summed E-state index contributed by atoms with van der Waals surface area (Å²) in [5, 5.41) is 9.91. The molecule has 1 atom stereocenters. The summed E-state index contributed by atoms with van der Waals surface area (Å²) in [5.74, 6) is 0. The predicted octanol–water partition coefficient (Wildman–Crippen LogP) is 5.62. The van der Waals surface area contributed by atoms with Crippen molar-refractivity contribution in [1.29, 1.82) is 0 Å². The Balaban J connectivity index is 1.71. The molecule has 11 heteroatoms. The highest BCUT2D eigenvalue weighted by atomic mass is 35.5. The SMILES string of the molecule is CCn1ncc2c3c(C(C)Nc4ccc(Cl)nc4-c4cncnc4)cc(C)cc3c(=O)n(CC(F)F)c21. The second-order valence-corrected chi connectivity index (χ2v) is 9.19. The fourth-order valence-electron chi connectivity index (χ4n) is 4.75. The molecule has 0 aliphatic heterocycles. The number of aryl methyl sites for hydroxylation is 2. The third kappa shape index (κ3) is 4.53.